The lowest BCUT2D eigenvalue weighted by Crippen LogP contribution is -1.97. The van der Waals surface area contributed by atoms with Gasteiger partial charge in [-0.15, -0.1) is 11.8 Å². The Morgan fingerprint density at radius 3 is 2.80 bits per heavy atom. The molecule has 5 heteroatoms. The Labute approximate surface area is 121 Å². The van der Waals surface area contributed by atoms with Crippen LogP contribution in [0.5, 0.6) is 0 Å². The van der Waals surface area contributed by atoms with E-state index in [1.807, 2.05) is 36.4 Å². The van der Waals surface area contributed by atoms with Crippen LogP contribution < -0.4 is 11.1 Å². The molecule has 0 saturated heterocycles. The summed E-state index contributed by atoms with van der Waals surface area (Å²) in [6, 6.07) is 13.8. The minimum Gasteiger partial charge on any atom is -0.399 e. The maximum Gasteiger partial charge on any atom is 0.141 e. The second-order valence-electron chi connectivity index (χ2n) is 4.32. The number of nitrogens with zero attached hydrogens (tertiary/aromatic N) is 2. The zero-order valence-corrected chi connectivity index (χ0v) is 11.8. The predicted octanol–water partition coefficient (Wildman–Crippen LogP) is 3.68. The minimum atomic E-state index is 0.701. The molecule has 0 atom stereocenters. The van der Waals surface area contributed by atoms with Crippen molar-refractivity contribution in [2.24, 2.45) is 0 Å². The molecule has 0 bridgehead atoms. The summed E-state index contributed by atoms with van der Waals surface area (Å²) in [5.41, 5.74) is 8.36. The normalized spacial score (nSPS) is 10.7. The fourth-order valence-electron chi connectivity index (χ4n) is 2.05. The second-order valence-corrected chi connectivity index (χ2v) is 5.17. The van der Waals surface area contributed by atoms with E-state index < -0.39 is 0 Å². The molecule has 0 aliphatic carbocycles. The van der Waals surface area contributed by atoms with Gasteiger partial charge in [-0.2, -0.15) is 0 Å². The molecule has 0 aliphatic heterocycles. The van der Waals surface area contributed by atoms with Gasteiger partial charge in [0, 0.05) is 16.0 Å². The van der Waals surface area contributed by atoms with Crippen molar-refractivity contribution in [3.63, 3.8) is 0 Å². The number of hydrogen-bond donors (Lipinski definition) is 2. The predicted molar refractivity (Wildman–Crippen MR) is 85.5 cm³/mol. The molecule has 0 radical (unpaired) electrons. The number of fused-ring (bicyclic) bond motifs is 1. The lowest BCUT2D eigenvalue weighted by atomic mass is 10.2. The van der Waals surface area contributed by atoms with Gasteiger partial charge in [-0.05, 0) is 36.6 Å². The van der Waals surface area contributed by atoms with Crippen LogP contribution in [0.2, 0.25) is 0 Å². The van der Waals surface area contributed by atoms with Crippen LogP contribution >= 0.6 is 11.8 Å². The number of anilines is 3. The highest BCUT2D eigenvalue weighted by Gasteiger charge is 2.06. The molecule has 3 aromatic rings. The first-order valence-electron chi connectivity index (χ1n) is 6.18. The minimum absolute atomic E-state index is 0.701. The number of nitrogens with two attached hydrogens (primary N) is 1. The summed E-state index contributed by atoms with van der Waals surface area (Å²) >= 11 is 1.70. The smallest absolute Gasteiger partial charge is 0.141 e. The molecule has 3 N–H and O–H groups in total. The van der Waals surface area contributed by atoms with Gasteiger partial charge in [0.2, 0.25) is 0 Å². The zero-order valence-electron chi connectivity index (χ0n) is 11.0. The van der Waals surface area contributed by atoms with Crippen LogP contribution in [0.1, 0.15) is 0 Å². The van der Waals surface area contributed by atoms with Gasteiger partial charge in [0.25, 0.3) is 0 Å². The average molecular weight is 282 g/mol. The van der Waals surface area contributed by atoms with Gasteiger partial charge in [-0.25, -0.2) is 9.97 Å². The fraction of sp³-hybridized carbons (Fsp3) is 0.0667. The Balaban J connectivity index is 2.07. The Morgan fingerprint density at radius 1 is 1.10 bits per heavy atom. The number of thioether (sulfide) groups is 1. The quantitative estimate of drug-likeness (QED) is 0.567. The van der Waals surface area contributed by atoms with Crippen LogP contribution in [-0.2, 0) is 0 Å². The highest BCUT2D eigenvalue weighted by atomic mass is 32.2. The maximum atomic E-state index is 5.79. The van der Waals surface area contributed by atoms with E-state index in [1.54, 1.807) is 18.1 Å². The van der Waals surface area contributed by atoms with E-state index in [0.717, 1.165) is 22.4 Å². The average Bonchev–Trinajstić information content (AvgIpc) is 2.47. The molecule has 0 saturated carbocycles. The van der Waals surface area contributed by atoms with Gasteiger partial charge in [0.15, 0.2) is 0 Å². The number of hydrogen-bond acceptors (Lipinski definition) is 5. The van der Waals surface area contributed by atoms with Crippen molar-refractivity contribution in [1.82, 2.24) is 9.97 Å². The fourth-order valence-corrected chi connectivity index (χ4v) is 2.60. The van der Waals surface area contributed by atoms with Crippen molar-refractivity contribution in [2.75, 3.05) is 17.3 Å². The first-order valence-corrected chi connectivity index (χ1v) is 7.40. The summed E-state index contributed by atoms with van der Waals surface area (Å²) in [5, 5.41) is 4.33. The van der Waals surface area contributed by atoms with E-state index in [9.17, 15) is 0 Å². The van der Waals surface area contributed by atoms with Crippen LogP contribution in [0.15, 0.2) is 53.7 Å². The van der Waals surface area contributed by atoms with Crippen molar-refractivity contribution in [3.8, 4) is 0 Å². The van der Waals surface area contributed by atoms with Crippen molar-refractivity contribution < 1.29 is 0 Å². The standard InChI is InChI=1S/C15H14N4S/c1-20-14-5-3-2-4-12(14)19-15-11-7-6-10(16)8-13(11)17-9-18-15/h2-9H,16H2,1H3,(H,17,18,19). The molecule has 1 heterocycles. The van der Waals surface area contributed by atoms with Crippen LogP contribution in [0, 0.1) is 0 Å². The second kappa shape index (κ2) is 5.38. The van der Waals surface area contributed by atoms with E-state index in [0.29, 0.717) is 5.69 Å². The molecule has 3 rings (SSSR count). The highest BCUT2D eigenvalue weighted by Crippen LogP contribution is 2.29. The van der Waals surface area contributed by atoms with Gasteiger partial charge >= 0.3 is 0 Å². The van der Waals surface area contributed by atoms with Crippen molar-refractivity contribution in [1.29, 1.82) is 0 Å². The lowest BCUT2D eigenvalue weighted by Gasteiger charge is -2.11. The molecular formula is C15H14N4S. The van der Waals surface area contributed by atoms with E-state index in [-0.39, 0.29) is 0 Å². The SMILES string of the molecule is CSc1ccccc1Nc1ncnc2cc(N)ccc12. The Kier molecular flexibility index (Phi) is 3.43. The Bertz CT molecular complexity index is 758. The van der Waals surface area contributed by atoms with E-state index >= 15 is 0 Å². The van der Waals surface area contributed by atoms with Gasteiger partial charge in [0.05, 0.1) is 11.2 Å². The molecule has 100 valence electrons. The topological polar surface area (TPSA) is 63.8 Å². The van der Waals surface area contributed by atoms with Gasteiger partial charge in [-0.3, -0.25) is 0 Å². The van der Waals surface area contributed by atoms with E-state index in [4.69, 9.17) is 5.73 Å². The maximum absolute atomic E-state index is 5.79. The molecule has 1 aromatic heterocycles. The van der Waals surface area contributed by atoms with Gasteiger partial charge in [-0.1, -0.05) is 12.1 Å². The summed E-state index contributed by atoms with van der Waals surface area (Å²) in [7, 11) is 0. The molecule has 0 unspecified atom stereocenters. The number of aromatic nitrogens is 2. The lowest BCUT2D eigenvalue weighted by molar-refractivity contribution is 1.21. The Hall–Kier alpha value is -2.27. The van der Waals surface area contributed by atoms with Gasteiger partial charge < -0.3 is 11.1 Å². The molecule has 4 nitrogen and oxygen atoms in total. The van der Waals surface area contributed by atoms with E-state index in [1.165, 1.54) is 4.90 Å². The first-order chi connectivity index (χ1) is 9.78. The summed E-state index contributed by atoms with van der Waals surface area (Å²) < 4.78 is 0. The number of benzene rings is 2. The summed E-state index contributed by atoms with van der Waals surface area (Å²) in [6.45, 7) is 0. The number of nitrogens with one attached hydrogen (secondary N) is 1. The molecular weight excluding hydrogens is 268 g/mol. The third kappa shape index (κ3) is 2.40. The molecule has 20 heavy (non-hydrogen) atoms. The van der Waals surface area contributed by atoms with E-state index in [2.05, 4.69) is 27.6 Å². The number of nitrogen functional groups attached to an aromatic ring is 1. The number of para-hydroxylation sites is 1. The molecule has 0 amide bonds. The van der Waals surface area contributed by atoms with Crippen molar-refractivity contribution in [2.45, 2.75) is 4.90 Å². The first kappa shape index (κ1) is 12.7. The summed E-state index contributed by atoms with van der Waals surface area (Å²) in [5.74, 6) is 0.788. The van der Waals surface area contributed by atoms with Crippen LogP contribution in [0.4, 0.5) is 17.2 Å². The van der Waals surface area contributed by atoms with Crippen LogP contribution in [-0.4, -0.2) is 16.2 Å². The third-order valence-electron chi connectivity index (χ3n) is 3.02. The molecule has 0 aliphatic rings. The van der Waals surface area contributed by atoms with Crippen molar-refractivity contribution >= 4 is 39.9 Å². The third-order valence-corrected chi connectivity index (χ3v) is 3.82. The Morgan fingerprint density at radius 2 is 1.95 bits per heavy atom. The van der Waals surface area contributed by atoms with Crippen molar-refractivity contribution in [3.05, 3.63) is 48.8 Å². The van der Waals surface area contributed by atoms with Gasteiger partial charge in [0.1, 0.15) is 12.1 Å². The molecule has 2 aromatic carbocycles. The monoisotopic (exact) mass is 282 g/mol. The number of rotatable bonds is 3. The molecule has 0 spiro atoms. The van der Waals surface area contributed by atoms with Crippen LogP contribution in [0.3, 0.4) is 0 Å². The van der Waals surface area contributed by atoms with Crippen LogP contribution in [0.25, 0.3) is 10.9 Å². The zero-order chi connectivity index (χ0) is 13.9. The largest absolute Gasteiger partial charge is 0.399 e. The summed E-state index contributed by atoms with van der Waals surface area (Å²) in [6.07, 6.45) is 3.60. The highest BCUT2D eigenvalue weighted by molar-refractivity contribution is 7.98. The molecule has 0 fully saturated rings. The summed E-state index contributed by atoms with van der Waals surface area (Å²) in [4.78, 5) is 9.76.